The normalized spacial score (nSPS) is 14.0. The molecule has 0 atom stereocenters. The second-order valence-electron chi connectivity index (χ2n) is 5.64. The standard InChI is InChI=1S/C18H16N2O2/c1-12-2-9-17(19-10-12)21-15-7-5-13(6-8-15)16-11-20-18(22-16)14-3-4-14/h2,5-11,14H,3-4H2,1H3. The van der Waals surface area contributed by atoms with E-state index in [1.54, 1.807) is 12.4 Å². The summed E-state index contributed by atoms with van der Waals surface area (Å²) >= 11 is 0. The first-order valence-electron chi connectivity index (χ1n) is 7.44. The van der Waals surface area contributed by atoms with Gasteiger partial charge in [-0.3, -0.25) is 0 Å². The van der Waals surface area contributed by atoms with Crippen LogP contribution in [0.2, 0.25) is 0 Å². The van der Waals surface area contributed by atoms with Crippen molar-refractivity contribution in [1.29, 1.82) is 0 Å². The molecule has 0 spiro atoms. The number of hydrogen-bond donors (Lipinski definition) is 0. The molecular weight excluding hydrogens is 276 g/mol. The number of benzene rings is 1. The Morgan fingerprint density at radius 2 is 1.82 bits per heavy atom. The molecular formula is C18H16N2O2. The molecule has 1 aliphatic rings. The fourth-order valence-corrected chi connectivity index (χ4v) is 2.26. The predicted molar refractivity (Wildman–Crippen MR) is 83.0 cm³/mol. The third-order valence-electron chi connectivity index (χ3n) is 3.70. The molecule has 2 heterocycles. The van der Waals surface area contributed by atoms with Crippen LogP contribution in [0.25, 0.3) is 11.3 Å². The molecule has 0 radical (unpaired) electrons. The molecule has 0 saturated heterocycles. The Labute approximate surface area is 128 Å². The third-order valence-corrected chi connectivity index (χ3v) is 3.70. The summed E-state index contributed by atoms with van der Waals surface area (Å²) in [6.45, 7) is 2.00. The van der Waals surface area contributed by atoms with Gasteiger partial charge in [0.15, 0.2) is 11.7 Å². The highest BCUT2D eigenvalue weighted by Crippen LogP contribution is 2.40. The molecule has 1 aliphatic carbocycles. The maximum absolute atomic E-state index is 5.80. The van der Waals surface area contributed by atoms with E-state index in [1.807, 2.05) is 43.3 Å². The number of aromatic nitrogens is 2. The van der Waals surface area contributed by atoms with Gasteiger partial charge in [0, 0.05) is 23.7 Å². The van der Waals surface area contributed by atoms with Gasteiger partial charge in [-0.15, -0.1) is 0 Å². The molecule has 4 heteroatoms. The zero-order valence-corrected chi connectivity index (χ0v) is 12.3. The van der Waals surface area contributed by atoms with Crippen molar-refractivity contribution in [1.82, 2.24) is 9.97 Å². The minimum atomic E-state index is 0.531. The monoisotopic (exact) mass is 292 g/mol. The van der Waals surface area contributed by atoms with Crippen molar-refractivity contribution in [2.45, 2.75) is 25.7 Å². The largest absolute Gasteiger partial charge is 0.440 e. The zero-order chi connectivity index (χ0) is 14.9. The second kappa shape index (κ2) is 5.30. The van der Waals surface area contributed by atoms with Crippen LogP contribution in [0.1, 0.15) is 30.2 Å². The Hall–Kier alpha value is -2.62. The van der Waals surface area contributed by atoms with Crippen molar-refractivity contribution in [3.05, 3.63) is 60.2 Å². The molecule has 0 amide bonds. The number of ether oxygens (including phenoxy) is 1. The lowest BCUT2D eigenvalue weighted by molar-refractivity contribution is 0.462. The summed E-state index contributed by atoms with van der Waals surface area (Å²) < 4.78 is 11.5. The second-order valence-corrected chi connectivity index (χ2v) is 5.64. The molecule has 1 saturated carbocycles. The smallest absolute Gasteiger partial charge is 0.219 e. The molecule has 0 unspecified atom stereocenters. The van der Waals surface area contributed by atoms with Crippen LogP contribution in [0.5, 0.6) is 11.6 Å². The van der Waals surface area contributed by atoms with Gasteiger partial charge in [0.05, 0.1) is 6.20 Å². The van der Waals surface area contributed by atoms with E-state index in [9.17, 15) is 0 Å². The molecule has 0 N–H and O–H groups in total. The van der Waals surface area contributed by atoms with Crippen molar-refractivity contribution in [2.75, 3.05) is 0 Å². The molecule has 4 rings (SSSR count). The quantitative estimate of drug-likeness (QED) is 0.698. The van der Waals surface area contributed by atoms with Gasteiger partial charge in [-0.2, -0.15) is 0 Å². The van der Waals surface area contributed by atoms with Crippen LogP contribution in [-0.2, 0) is 0 Å². The molecule has 3 aromatic rings. The van der Waals surface area contributed by atoms with E-state index in [0.29, 0.717) is 11.8 Å². The van der Waals surface area contributed by atoms with E-state index in [1.165, 1.54) is 12.8 Å². The van der Waals surface area contributed by atoms with Crippen molar-refractivity contribution in [3.63, 3.8) is 0 Å². The molecule has 1 aromatic carbocycles. The highest BCUT2D eigenvalue weighted by Gasteiger charge is 2.28. The summed E-state index contributed by atoms with van der Waals surface area (Å²) in [5.41, 5.74) is 2.11. The molecule has 0 bridgehead atoms. The first-order valence-corrected chi connectivity index (χ1v) is 7.44. The summed E-state index contributed by atoms with van der Waals surface area (Å²) in [6, 6.07) is 11.6. The molecule has 1 fully saturated rings. The van der Waals surface area contributed by atoms with Gasteiger partial charge < -0.3 is 9.15 Å². The average molecular weight is 292 g/mol. The number of hydrogen-bond acceptors (Lipinski definition) is 4. The van der Waals surface area contributed by atoms with E-state index in [0.717, 1.165) is 28.5 Å². The van der Waals surface area contributed by atoms with E-state index in [2.05, 4.69) is 9.97 Å². The van der Waals surface area contributed by atoms with E-state index >= 15 is 0 Å². The number of nitrogens with zero attached hydrogens (tertiary/aromatic N) is 2. The minimum Gasteiger partial charge on any atom is -0.440 e. The van der Waals surface area contributed by atoms with E-state index in [4.69, 9.17) is 9.15 Å². The van der Waals surface area contributed by atoms with Gasteiger partial charge in [-0.05, 0) is 49.6 Å². The lowest BCUT2D eigenvalue weighted by Crippen LogP contribution is -1.87. The van der Waals surface area contributed by atoms with Crippen molar-refractivity contribution < 1.29 is 9.15 Å². The van der Waals surface area contributed by atoms with Crippen LogP contribution in [0, 0.1) is 6.92 Å². The summed E-state index contributed by atoms with van der Waals surface area (Å²) in [5.74, 6) is 3.54. The van der Waals surface area contributed by atoms with Gasteiger partial charge in [-0.25, -0.2) is 9.97 Å². The van der Waals surface area contributed by atoms with Crippen LogP contribution >= 0.6 is 0 Å². The van der Waals surface area contributed by atoms with Crippen LogP contribution in [0.4, 0.5) is 0 Å². The predicted octanol–water partition coefficient (Wildman–Crippen LogP) is 4.71. The lowest BCUT2D eigenvalue weighted by atomic mass is 10.2. The number of rotatable bonds is 4. The summed E-state index contributed by atoms with van der Waals surface area (Å²) in [4.78, 5) is 8.58. The van der Waals surface area contributed by atoms with E-state index in [-0.39, 0.29) is 0 Å². The topological polar surface area (TPSA) is 48.2 Å². The Morgan fingerprint density at radius 3 is 2.50 bits per heavy atom. The van der Waals surface area contributed by atoms with Crippen molar-refractivity contribution in [2.24, 2.45) is 0 Å². The summed E-state index contributed by atoms with van der Waals surface area (Å²) in [7, 11) is 0. The number of oxazole rings is 1. The summed E-state index contributed by atoms with van der Waals surface area (Å²) in [6.07, 6.45) is 5.97. The van der Waals surface area contributed by atoms with E-state index < -0.39 is 0 Å². The molecule has 110 valence electrons. The highest BCUT2D eigenvalue weighted by molar-refractivity contribution is 5.57. The Kier molecular flexibility index (Phi) is 3.15. The molecule has 0 aliphatic heterocycles. The first kappa shape index (κ1) is 13.1. The van der Waals surface area contributed by atoms with Crippen molar-refractivity contribution in [3.8, 4) is 23.0 Å². The van der Waals surface area contributed by atoms with Gasteiger partial charge >= 0.3 is 0 Å². The third kappa shape index (κ3) is 2.72. The molecule has 22 heavy (non-hydrogen) atoms. The van der Waals surface area contributed by atoms with Gasteiger partial charge in [0.1, 0.15) is 5.75 Å². The SMILES string of the molecule is Cc1ccc(Oc2ccc(-c3cnc(C4CC4)o3)cc2)nc1. The Balaban J connectivity index is 1.50. The summed E-state index contributed by atoms with van der Waals surface area (Å²) in [5, 5.41) is 0. The first-order chi connectivity index (χ1) is 10.8. The van der Waals surface area contributed by atoms with Gasteiger partial charge in [-0.1, -0.05) is 6.07 Å². The van der Waals surface area contributed by atoms with Crippen LogP contribution in [0.3, 0.4) is 0 Å². The Morgan fingerprint density at radius 1 is 1.00 bits per heavy atom. The van der Waals surface area contributed by atoms with Crippen LogP contribution in [-0.4, -0.2) is 9.97 Å². The zero-order valence-electron chi connectivity index (χ0n) is 12.3. The maximum Gasteiger partial charge on any atom is 0.219 e. The Bertz CT molecular complexity index is 772. The van der Waals surface area contributed by atoms with Crippen LogP contribution < -0.4 is 4.74 Å². The molecule has 2 aromatic heterocycles. The number of pyridine rings is 1. The van der Waals surface area contributed by atoms with Gasteiger partial charge in [0.2, 0.25) is 5.88 Å². The van der Waals surface area contributed by atoms with Gasteiger partial charge in [0.25, 0.3) is 0 Å². The maximum atomic E-state index is 5.80. The number of aryl methyl sites for hydroxylation is 1. The van der Waals surface area contributed by atoms with Crippen molar-refractivity contribution >= 4 is 0 Å². The minimum absolute atomic E-state index is 0.531. The highest BCUT2D eigenvalue weighted by atomic mass is 16.5. The fourth-order valence-electron chi connectivity index (χ4n) is 2.26. The van der Waals surface area contributed by atoms with Crippen LogP contribution in [0.15, 0.2) is 53.2 Å². The lowest BCUT2D eigenvalue weighted by Gasteiger charge is -2.05. The average Bonchev–Trinajstić information content (AvgIpc) is 3.28. The fraction of sp³-hybridized carbons (Fsp3) is 0.222. The molecule has 4 nitrogen and oxygen atoms in total.